The summed E-state index contributed by atoms with van der Waals surface area (Å²) >= 11 is 0. The number of nitriles is 1. The molecule has 8 nitrogen and oxygen atoms in total. The zero-order valence-electron chi connectivity index (χ0n) is 17.2. The van der Waals surface area contributed by atoms with Crippen LogP contribution in [-0.4, -0.2) is 58.3 Å². The predicted octanol–water partition coefficient (Wildman–Crippen LogP) is 1.88. The number of hydrogen-bond acceptors (Lipinski definition) is 6. The summed E-state index contributed by atoms with van der Waals surface area (Å²) < 4.78 is 13.2. The first-order valence-electron chi connectivity index (χ1n) is 10.3. The number of piperidine rings is 1. The van der Waals surface area contributed by atoms with Gasteiger partial charge in [-0.3, -0.25) is 9.69 Å². The molecule has 3 heterocycles. The van der Waals surface area contributed by atoms with Crippen molar-refractivity contribution in [3.05, 3.63) is 48.0 Å². The van der Waals surface area contributed by atoms with Crippen molar-refractivity contribution < 1.29 is 14.3 Å². The van der Waals surface area contributed by atoms with Crippen LogP contribution >= 0.6 is 0 Å². The standard InChI is InChI=1S/C22H27N5O3/c1-26-12-9-24-20(26)21(28)25-15-19-14-22(30-19)6-10-27(11-7-22)16-17-2-4-18(5-3-17)29-13-8-23/h2-5,9,12,19H,6-7,10-11,13-16H2,1H3,(H,25,28). The van der Waals surface area contributed by atoms with E-state index >= 15 is 0 Å². The molecule has 2 aromatic rings. The van der Waals surface area contributed by atoms with Crippen LogP contribution in [-0.2, 0) is 18.3 Å². The lowest BCUT2D eigenvalue weighted by Crippen LogP contribution is -2.59. The number of ether oxygens (including phenoxy) is 2. The van der Waals surface area contributed by atoms with E-state index < -0.39 is 0 Å². The summed E-state index contributed by atoms with van der Waals surface area (Å²) in [6.45, 7) is 3.49. The van der Waals surface area contributed by atoms with E-state index in [2.05, 4.69) is 27.3 Å². The number of carbonyl (C=O) groups excluding carboxylic acids is 1. The van der Waals surface area contributed by atoms with Gasteiger partial charge in [0.2, 0.25) is 0 Å². The molecule has 0 radical (unpaired) electrons. The Morgan fingerprint density at radius 3 is 2.73 bits per heavy atom. The largest absolute Gasteiger partial charge is 0.479 e. The van der Waals surface area contributed by atoms with E-state index in [-0.39, 0.29) is 24.2 Å². The van der Waals surface area contributed by atoms with Crippen molar-refractivity contribution in [2.75, 3.05) is 26.2 Å². The van der Waals surface area contributed by atoms with Crippen molar-refractivity contribution in [3.63, 3.8) is 0 Å². The number of imidazole rings is 1. The molecule has 2 saturated heterocycles. The number of nitrogens with zero attached hydrogens (tertiary/aromatic N) is 4. The normalized spacial score (nSPS) is 20.3. The monoisotopic (exact) mass is 409 g/mol. The second-order valence-corrected chi connectivity index (χ2v) is 8.07. The Balaban J connectivity index is 1.17. The quantitative estimate of drug-likeness (QED) is 0.751. The van der Waals surface area contributed by atoms with E-state index in [0.29, 0.717) is 12.4 Å². The highest BCUT2D eigenvalue weighted by molar-refractivity contribution is 5.90. The van der Waals surface area contributed by atoms with Crippen LogP contribution in [0, 0.1) is 11.3 Å². The van der Waals surface area contributed by atoms with Crippen LogP contribution in [0.4, 0.5) is 0 Å². The lowest BCUT2D eigenvalue weighted by atomic mass is 9.80. The number of benzene rings is 1. The highest BCUT2D eigenvalue weighted by Crippen LogP contribution is 2.41. The Hall–Kier alpha value is -2.89. The summed E-state index contributed by atoms with van der Waals surface area (Å²) in [7, 11) is 1.81. The fourth-order valence-corrected chi connectivity index (χ4v) is 4.25. The van der Waals surface area contributed by atoms with Gasteiger partial charge < -0.3 is 19.4 Å². The maximum atomic E-state index is 12.1. The van der Waals surface area contributed by atoms with E-state index in [1.165, 1.54) is 5.56 Å². The Morgan fingerprint density at radius 2 is 2.10 bits per heavy atom. The Morgan fingerprint density at radius 1 is 1.37 bits per heavy atom. The summed E-state index contributed by atoms with van der Waals surface area (Å²) in [5.41, 5.74) is 1.21. The SMILES string of the molecule is Cn1ccnc1C(=O)NCC1CC2(CCN(Cc3ccc(OCC#N)cc3)CC2)O1. The van der Waals surface area contributed by atoms with Gasteiger partial charge in [-0.05, 0) is 30.5 Å². The fraction of sp³-hybridized carbons (Fsp3) is 0.500. The average Bonchev–Trinajstić information content (AvgIpc) is 3.17. The smallest absolute Gasteiger partial charge is 0.287 e. The van der Waals surface area contributed by atoms with Gasteiger partial charge in [-0.1, -0.05) is 12.1 Å². The number of nitrogens with one attached hydrogen (secondary N) is 1. The van der Waals surface area contributed by atoms with Crippen molar-refractivity contribution in [1.82, 2.24) is 19.8 Å². The summed E-state index contributed by atoms with van der Waals surface area (Å²) in [6, 6.07) is 9.91. The number of rotatable bonds is 7. The zero-order chi connectivity index (χ0) is 21.0. The maximum absolute atomic E-state index is 12.1. The third-order valence-electron chi connectivity index (χ3n) is 5.93. The van der Waals surface area contributed by atoms with Crippen molar-refractivity contribution in [1.29, 1.82) is 5.26 Å². The van der Waals surface area contributed by atoms with Crippen LogP contribution in [0.3, 0.4) is 0 Å². The summed E-state index contributed by atoms with van der Waals surface area (Å²) in [4.78, 5) is 18.7. The lowest BCUT2D eigenvalue weighted by Gasteiger charge is -2.52. The summed E-state index contributed by atoms with van der Waals surface area (Å²) in [5, 5.41) is 11.5. The van der Waals surface area contributed by atoms with Crippen LogP contribution in [0.1, 0.15) is 35.4 Å². The van der Waals surface area contributed by atoms with E-state index in [9.17, 15) is 4.79 Å². The first kappa shape index (κ1) is 20.4. The summed E-state index contributed by atoms with van der Waals surface area (Å²) in [6.07, 6.45) is 6.48. The third-order valence-corrected chi connectivity index (χ3v) is 5.93. The van der Waals surface area contributed by atoms with Crippen LogP contribution in [0.15, 0.2) is 36.7 Å². The molecule has 30 heavy (non-hydrogen) atoms. The van der Waals surface area contributed by atoms with Gasteiger partial charge in [0.15, 0.2) is 12.4 Å². The number of amides is 1. The molecule has 2 aliphatic rings. The van der Waals surface area contributed by atoms with Gasteiger partial charge >= 0.3 is 0 Å². The molecule has 1 N–H and O–H groups in total. The number of aromatic nitrogens is 2. The maximum Gasteiger partial charge on any atom is 0.287 e. The molecule has 0 aliphatic carbocycles. The van der Waals surface area contributed by atoms with Gasteiger partial charge in [-0.2, -0.15) is 5.26 Å². The molecule has 2 fully saturated rings. The van der Waals surface area contributed by atoms with Gasteiger partial charge in [-0.25, -0.2) is 4.98 Å². The molecule has 1 spiro atoms. The number of likely N-dealkylation sites (tertiary alicyclic amines) is 1. The molecule has 0 saturated carbocycles. The molecule has 4 rings (SSSR count). The van der Waals surface area contributed by atoms with Crippen molar-refractivity contribution in [3.8, 4) is 11.8 Å². The molecule has 0 bridgehead atoms. The highest BCUT2D eigenvalue weighted by atomic mass is 16.5. The summed E-state index contributed by atoms with van der Waals surface area (Å²) in [5.74, 6) is 0.981. The van der Waals surface area contributed by atoms with Crippen LogP contribution < -0.4 is 10.1 Å². The number of carbonyl (C=O) groups is 1. The lowest BCUT2D eigenvalue weighted by molar-refractivity contribution is -0.222. The molecular weight excluding hydrogens is 382 g/mol. The minimum atomic E-state index is -0.161. The molecule has 1 aromatic heterocycles. The van der Waals surface area contributed by atoms with Gasteiger partial charge in [0, 0.05) is 52.0 Å². The number of aryl methyl sites for hydroxylation is 1. The molecule has 1 unspecified atom stereocenters. The fourth-order valence-electron chi connectivity index (χ4n) is 4.25. The minimum Gasteiger partial charge on any atom is -0.479 e. The second-order valence-electron chi connectivity index (χ2n) is 8.07. The van der Waals surface area contributed by atoms with E-state index in [1.807, 2.05) is 25.2 Å². The Labute approximate surface area is 176 Å². The predicted molar refractivity (Wildman–Crippen MR) is 110 cm³/mol. The van der Waals surface area contributed by atoms with E-state index in [1.54, 1.807) is 17.0 Å². The van der Waals surface area contributed by atoms with Crippen molar-refractivity contribution in [2.24, 2.45) is 7.05 Å². The second kappa shape index (κ2) is 8.86. The number of hydrogen-bond donors (Lipinski definition) is 1. The Bertz CT molecular complexity index is 902. The van der Waals surface area contributed by atoms with Gasteiger partial charge in [0.05, 0.1) is 11.7 Å². The van der Waals surface area contributed by atoms with Crippen LogP contribution in [0.5, 0.6) is 5.75 Å². The van der Waals surface area contributed by atoms with Gasteiger partial charge in [-0.15, -0.1) is 0 Å². The molecule has 2 aliphatic heterocycles. The molecule has 158 valence electrons. The van der Waals surface area contributed by atoms with Crippen molar-refractivity contribution >= 4 is 5.91 Å². The van der Waals surface area contributed by atoms with Crippen LogP contribution in [0.25, 0.3) is 0 Å². The van der Waals surface area contributed by atoms with E-state index in [4.69, 9.17) is 14.7 Å². The molecule has 1 aromatic carbocycles. The topological polar surface area (TPSA) is 92.4 Å². The van der Waals surface area contributed by atoms with Crippen LogP contribution in [0.2, 0.25) is 0 Å². The molecular formula is C22H27N5O3. The van der Waals surface area contributed by atoms with Gasteiger partial charge in [0.1, 0.15) is 11.8 Å². The average molecular weight is 409 g/mol. The Kier molecular flexibility index (Phi) is 6.02. The minimum absolute atomic E-state index is 0.0237. The first-order valence-corrected chi connectivity index (χ1v) is 10.3. The van der Waals surface area contributed by atoms with E-state index in [0.717, 1.165) is 44.6 Å². The van der Waals surface area contributed by atoms with Crippen molar-refractivity contribution in [2.45, 2.75) is 37.5 Å². The third kappa shape index (κ3) is 4.64. The molecule has 1 amide bonds. The molecule has 8 heteroatoms. The molecule has 1 atom stereocenters. The zero-order valence-corrected chi connectivity index (χ0v) is 17.2. The first-order chi connectivity index (χ1) is 14.6. The van der Waals surface area contributed by atoms with Gasteiger partial charge in [0.25, 0.3) is 5.91 Å². The highest BCUT2D eigenvalue weighted by Gasteiger charge is 2.47.